The number of likely N-dealkylation sites (N-methyl/N-ethyl adjacent to an activating group) is 1. The van der Waals surface area contributed by atoms with E-state index in [1.54, 1.807) is 24.3 Å². The Labute approximate surface area is 160 Å². The van der Waals surface area contributed by atoms with Crippen molar-refractivity contribution < 1.29 is 13.9 Å². The number of amides is 1. The van der Waals surface area contributed by atoms with Crippen LogP contribution in [-0.4, -0.2) is 31.0 Å². The fourth-order valence-electron chi connectivity index (χ4n) is 3.26. The molecule has 0 aliphatic rings. The predicted octanol–water partition coefficient (Wildman–Crippen LogP) is 5.38. The first-order chi connectivity index (χ1) is 13.1. The van der Waals surface area contributed by atoms with Gasteiger partial charge in [-0.2, -0.15) is 0 Å². The molecule has 0 saturated heterocycles. The summed E-state index contributed by atoms with van der Waals surface area (Å²) in [6.45, 7) is 7.28. The van der Waals surface area contributed by atoms with Gasteiger partial charge in [-0.05, 0) is 38.0 Å². The summed E-state index contributed by atoms with van der Waals surface area (Å²) < 4.78 is 11.3. The van der Waals surface area contributed by atoms with Gasteiger partial charge in [-0.25, -0.2) is 0 Å². The number of rotatable bonds is 6. The van der Waals surface area contributed by atoms with Crippen LogP contribution in [0.4, 0.5) is 0 Å². The van der Waals surface area contributed by atoms with Crippen LogP contribution >= 0.6 is 0 Å². The SMILES string of the molecule is CCN(CC)C(=O)/C=C(\C)c1cc2c(-c3ccccc3)coc2cc1OC. The summed E-state index contributed by atoms with van der Waals surface area (Å²) in [5.41, 5.74) is 4.64. The van der Waals surface area contributed by atoms with Crippen LogP contribution in [0.2, 0.25) is 0 Å². The van der Waals surface area contributed by atoms with E-state index in [1.165, 1.54) is 0 Å². The Morgan fingerprint density at radius 2 is 1.85 bits per heavy atom. The highest BCUT2D eigenvalue weighted by Crippen LogP contribution is 2.37. The zero-order valence-corrected chi connectivity index (χ0v) is 16.3. The quantitative estimate of drug-likeness (QED) is 0.552. The average Bonchev–Trinajstić information content (AvgIpc) is 3.11. The van der Waals surface area contributed by atoms with Gasteiger partial charge in [0.05, 0.1) is 13.4 Å². The molecule has 0 unspecified atom stereocenters. The van der Waals surface area contributed by atoms with E-state index in [1.807, 2.05) is 51.1 Å². The summed E-state index contributed by atoms with van der Waals surface area (Å²) in [6.07, 6.45) is 3.45. The summed E-state index contributed by atoms with van der Waals surface area (Å²) in [5, 5.41) is 1.00. The smallest absolute Gasteiger partial charge is 0.246 e. The lowest BCUT2D eigenvalue weighted by molar-refractivity contribution is -0.125. The minimum Gasteiger partial charge on any atom is -0.496 e. The lowest BCUT2D eigenvalue weighted by atomic mass is 9.99. The van der Waals surface area contributed by atoms with Crippen LogP contribution in [0.3, 0.4) is 0 Å². The van der Waals surface area contributed by atoms with E-state index in [9.17, 15) is 4.79 Å². The van der Waals surface area contributed by atoms with Gasteiger partial charge in [0.15, 0.2) is 0 Å². The lowest BCUT2D eigenvalue weighted by Gasteiger charge is -2.17. The number of hydrogen-bond donors (Lipinski definition) is 0. The first kappa shape index (κ1) is 18.8. The third kappa shape index (κ3) is 3.75. The van der Waals surface area contributed by atoms with E-state index in [0.717, 1.165) is 33.2 Å². The molecule has 0 aliphatic carbocycles. The number of nitrogens with zero attached hydrogens (tertiary/aromatic N) is 1. The van der Waals surface area contributed by atoms with E-state index in [2.05, 4.69) is 12.1 Å². The standard InChI is InChI=1S/C23H25NO3/c1-5-24(6-2)23(25)12-16(3)18-13-19-20(17-10-8-7-9-11-17)15-27-22(19)14-21(18)26-4/h7-15H,5-6H2,1-4H3/b16-12+. The highest BCUT2D eigenvalue weighted by molar-refractivity contribution is 6.00. The van der Waals surface area contributed by atoms with E-state index >= 15 is 0 Å². The van der Waals surface area contributed by atoms with Gasteiger partial charge in [-0.1, -0.05) is 30.3 Å². The minimum absolute atomic E-state index is 0.00938. The number of furan rings is 1. The number of methoxy groups -OCH3 is 1. The largest absolute Gasteiger partial charge is 0.496 e. The number of benzene rings is 2. The van der Waals surface area contributed by atoms with Crippen LogP contribution in [0.25, 0.3) is 27.7 Å². The second-order valence-electron chi connectivity index (χ2n) is 6.40. The molecule has 3 aromatic rings. The molecule has 0 bridgehead atoms. The summed E-state index contributed by atoms with van der Waals surface area (Å²) >= 11 is 0. The molecular weight excluding hydrogens is 338 g/mol. The number of carbonyl (C=O) groups is 1. The summed E-state index contributed by atoms with van der Waals surface area (Å²) in [5.74, 6) is 0.702. The highest BCUT2D eigenvalue weighted by Gasteiger charge is 2.15. The van der Waals surface area contributed by atoms with Gasteiger partial charge in [0.25, 0.3) is 0 Å². The predicted molar refractivity (Wildman–Crippen MR) is 110 cm³/mol. The molecule has 0 N–H and O–H groups in total. The van der Waals surface area contributed by atoms with E-state index in [0.29, 0.717) is 18.8 Å². The molecule has 0 atom stereocenters. The van der Waals surface area contributed by atoms with Gasteiger partial charge in [-0.3, -0.25) is 4.79 Å². The van der Waals surface area contributed by atoms with E-state index in [4.69, 9.17) is 9.15 Å². The monoisotopic (exact) mass is 363 g/mol. The molecule has 27 heavy (non-hydrogen) atoms. The summed E-state index contributed by atoms with van der Waals surface area (Å²) in [7, 11) is 1.63. The van der Waals surface area contributed by atoms with Gasteiger partial charge in [0.1, 0.15) is 11.3 Å². The van der Waals surface area contributed by atoms with Crippen molar-refractivity contribution in [2.45, 2.75) is 20.8 Å². The number of hydrogen-bond acceptors (Lipinski definition) is 3. The Kier molecular flexibility index (Phi) is 5.65. The first-order valence-corrected chi connectivity index (χ1v) is 9.21. The van der Waals surface area contributed by atoms with Crippen molar-refractivity contribution in [3.63, 3.8) is 0 Å². The summed E-state index contributed by atoms with van der Waals surface area (Å²) in [4.78, 5) is 14.3. The van der Waals surface area contributed by atoms with Crippen LogP contribution in [0.1, 0.15) is 26.3 Å². The van der Waals surface area contributed by atoms with Crippen molar-refractivity contribution in [2.24, 2.45) is 0 Å². The Hall–Kier alpha value is -3.01. The van der Waals surface area contributed by atoms with Gasteiger partial charge in [0.2, 0.25) is 5.91 Å². The molecule has 3 rings (SSSR count). The average molecular weight is 363 g/mol. The number of allylic oxidation sites excluding steroid dienone is 1. The van der Waals surface area contributed by atoms with Gasteiger partial charge >= 0.3 is 0 Å². The Morgan fingerprint density at radius 3 is 2.48 bits per heavy atom. The first-order valence-electron chi connectivity index (χ1n) is 9.21. The molecular formula is C23H25NO3. The van der Waals surface area contributed by atoms with Crippen LogP contribution in [-0.2, 0) is 4.79 Å². The van der Waals surface area contributed by atoms with Crippen LogP contribution in [0, 0.1) is 0 Å². The van der Waals surface area contributed by atoms with Crippen LogP contribution in [0.15, 0.2) is 59.2 Å². The molecule has 0 fully saturated rings. The number of ether oxygens (including phenoxy) is 1. The molecule has 4 heteroatoms. The zero-order valence-electron chi connectivity index (χ0n) is 16.3. The van der Waals surface area contributed by atoms with Gasteiger partial charge < -0.3 is 14.1 Å². The van der Waals surface area contributed by atoms with Crippen LogP contribution < -0.4 is 4.74 Å². The zero-order chi connectivity index (χ0) is 19.4. The molecule has 140 valence electrons. The third-order valence-electron chi connectivity index (χ3n) is 4.82. The fourth-order valence-corrected chi connectivity index (χ4v) is 3.26. The Balaban J connectivity index is 2.10. The molecule has 0 spiro atoms. The molecule has 1 heterocycles. The molecule has 0 aliphatic heterocycles. The van der Waals surface area contributed by atoms with Crippen molar-refractivity contribution in [2.75, 3.05) is 20.2 Å². The Bertz CT molecular complexity index is 966. The van der Waals surface area contributed by atoms with E-state index < -0.39 is 0 Å². The fraction of sp³-hybridized carbons (Fsp3) is 0.261. The highest BCUT2D eigenvalue weighted by atomic mass is 16.5. The third-order valence-corrected chi connectivity index (χ3v) is 4.82. The van der Waals surface area contributed by atoms with Crippen molar-refractivity contribution in [1.29, 1.82) is 0 Å². The molecule has 4 nitrogen and oxygen atoms in total. The molecule has 2 aromatic carbocycles. The van der Waals surface area contributed by atoms with Crippen molar-refractivity contribution in [3.8, 4) is 16.9 Å². The van der Waals surface area contributed by atoms with Crippen molar-refractivity contribution in [3.05, 3.63) is 60.4 Å². The minimum atomic E-state index is 0.00938. The molecule has 0 radical (unpaired) electrons. The normalized spacial score (nSPS) is 11.6. The van der Waals surface area contributed by atoms with E-state index in [-0.39, 0.29) is 5.91 Å². The number of fused-ring (bicyclic) bond motifs is 1. The molecule has 1 aromatic heterocycles. The lowest BCUT2D eigenvalue weighted by Crippen LogP contribution is -2.28. The van der Waals surface area contributed by atoms with Crippen molar-refractivity contribution >= 4 is 22.4 Å². The van der Waals surface area contributed by atoms with Gasteiger partial charge in [0, 0.05) is 41.7 Å². The number of carbonyl (C=O) groups excluding carboxylic acids is 1. The van der Waals surface area contributed by atoms with Gasteiger partial charge in [-0.15, -0.1) is 0 Å². The molecule has 0 saturated carbocycles. The van der Waals surface area contributed by atoms with Crippen molar-refractivity contribution in [1.82, 2.24) is 4.90 Å². The molecule has 1 amide bonds. The topological polar surface area (TPSA) is 42.7 Å². The second kappa shape index (κ2) is 8.12. The van der Waals surface area contributed by atoms with Crippen LogP contribution in [0.5, 0.6) is 5.75 Å². The summed E-state index contributed by atoms with van der Waals surface area (Å²) in [6, 6.07) is 14.0. The maximum Gasteiger partial charge on any atom is 0.246 e. The maximum absolute atomic E-state index is 12.5. The maximum atomic E-state index is 12.5. The Morgan fingerprint density at radius 1 is 1.15 bits per heavy atom. The second-order valence-corrected chi connectivity index (χ2v) is 6.40.